The highest BCUT2D eigenvalue weighted by molar-refractivity contribution is 6.08. The van der Waals surface area contributed by atoms with Crippen molar-refractivity contribution in [3.05, 3.63) is 59.0 Å². The van der Waals surface area contributed by atoms with Crippen molar-refractivity contribution in [2.45, 2.75) is 12.1 Å². The van der Waals surface area contributed by atoms with Gasteiger partial charge in [0.25, 0.3) is 0 Å². The highest BCUT2D eigenvalue weighted by Crippen LogP contribution is 2.38. The Labute approximate surface area is 162 Å². The van der Waals surface area contributed by atoms with Gasteiger partial charge < -0.3 is 10.2 Å². The Kier molecular flexibility index (Phi) is 5.24. The number of carbonyl (C=O) groups excluding carboxylic acids is 2. The van der Waals surface area contributed by atoms with E-state index in [-0.39, 0.29) is 17.9 Å². The van der Waals surface area contributed by atoms with E-state index in [1.807, 2.05) is 0 Å². The van der Waals surface area contributed by atoms with Crippen molar-refractivity contribution in [1.29, 1.82) is 5.26 Å². The molecule has 0 unspecified atom stereocenters. The lowest BCUT2D eigenvalue weighted by Crippen LogP contribution is -2.33. The van der Waals surface area contributed by atoms with E-state index in [4.69, 9.17) is 5.26 Å². The summed E-state index contributed by atoms with van der Waals surface area (Å²) < 4.78 is 53.1. The summed E-state index contributed by atoms with van der Waals surface area (Å²) in [7, 11) is 1.43. The van der Waals surface area contributed by atoms with Crippen LogP contribution in [0, 0.1) is 23.2 Å². The van der Waals surface area contributed by atoms with Crippen LogP contribution in [0.4, 0.5) is 23.4 Å². The van der Waals surface area contributed by atoms with E-state index in [1.54, 1.807) is 0 Å². The first-order valence-electron chi connectivity index (χ1n) is 8.41. The zero-order valence-electron chi connectivity index (χ0n) is 15.0. The fourth-order valence-electron chi connectivity index (χ4n) is 3.30. The van der Waals surface area contributed by atoms with Crippen molar-refractivity contribution in [1.82, 2.24) is 9.88 Å². The molecule has 2 atom stereocenters. The predicted molar refractivity (Wildman–Crippen MR) is 92.9 cm³/mol. The number of nitriles is 1. The number of aromatic nitrogens is 1. The fraction of sp³-hybridized carbons (Fsp3) is 0.263. The number of likely N-dealkylation sites (N-methyl/N-ethyl adjacent to an activating group) is 1. The van der Waals surface area contributed by atoms with Gasteiger partial charge in [-0.25, -0.2) is 4.98 Å². The lowest BCUT2D eigenvalue weighted by atomic mass is 9.86. The monoisotopic (exact) mass is 406 g/mol. The average molecular weight is 406 g/mol. The maximum Gasteiger partial charge on any atom is 0.417 e. The molecule has 0 aliphatic carbocycles. The van der Waals surface area contributed by atoms with Crippen LogP contribution in [-0.4, -0.2) is 35.3 Å². The van der Waals surface area contributed by atoms with Gasteiger partial charge in [0.15, 0.2) is 0 Å². The van der Waals surface area contributed by atoms with Gasteiger partial charge in [0, 0.05) is 19.5 Å². The molecule has 0 saturated carbocycles. The van der Waals surface area contributed by atoms with Gasteiger partial charge in [-0.3, -0.25) is 9.59 Å². The van der Waals surface area contributed by atoms with E-state index in [1.165, 1.54) is 36.2 Å². The Bertz CT molecular complexity index is 1020. The quantitative estimate of drug-likeness (QED) is 0.483. The summed E-state index contributed by atoms with van der Waals surface area (Å²) in [5.41, 5.74) is -1.59. The van der Waals surface area contributed by atoms with Crippen LogP contribution in [-0.2, 0) is 15.8 Å². The van der Waals surface area contributed by atoms with Crippen molar-refractivity contribution in [3.8, 4) is 6.07 Å². The molecule has 1 aliphatic rings. The maximum absolute atomic E-state index is 13.3. The van der Waals surface area contributed by atoms with Crippen LogP contribution in [0.15, 0.2) is 36.4 Å². The van der Waals surface area contributed by atoms with Crippen LogP contribution in [0.2, 0.25) is 0 Å². The number of anilines is 1. The smallest absolute Gasteiger partial charge is 0.344 e. The molecule has 1 fully saturated rings. The molecule has 2 amide bonds. The van der Waals surface area contributed by atoms with Crippen molar-refractivity contribution in [3.63, 3.8) is 0 Å². The Morgan fingerprint density at radius 3 is 2.66 bits per heavy atom. The third-order valence-electron chi connectivity index (χ3n) is 4.66. The minimum Gasteiger partial charge on any atom is -0.344 e. The number of alkyl halides is 3. The number of benzene rings is 1. The van der Waals surface area contributed by atoms with Crippen LogP contribution in [0.3, 0.4) is 0 Å². The van der Waals surface area contributed by atoms with Crippen LogP contribution in [0.5, 0.6) is 0 Å². The zero-order chi connectivity index (χ0) is 21.3. The van der Waals surface area contributed by atoms with E-state index in [0.717, 1.165) is 18.2 Å². The molecule has 3 rings (SSSR count). The average Bonchev–Trinajstić information content (AvgIpc) is 2.95. The Morgan fingerprint density at radius 1 is 1.31 bits per heavy atom. The summed E-state index contributed by atoms with van der Waals surface area (Å²) in [4.78, 5) is 29.9. The Hall–Kier alpha value is -3.48. The summed E-state index contributed by atoms with van der Waals surface area (Å²) in [6.45, 7) is 0.0106. The minimum atomic E-state index is -4.77. The highest BCUT2D eigenvalue weighted by Gasteiger charge is 2.45. The topological polar surface area (TPSA) is 86.1 Å². The second-order valence-electron chi connectivity index (χ2n) is 6.55. The molecule has 2 aromatic rings. The third-order valence-corrected chi connectivity index (χ3v) is 4.66. The fourth-order valence-corrected chi connectivity index (χ4v) is 3.30. The molecule has 6 nitrogen and oxygen atoms in total. The van der Waals surface area contributed by atoms with Crippen LogP contribution in [0.1, 0.15) is 22.6 Å². The molecule has 1 aromatic carbocycles. The standard InChI is InChI=1S/C19H14F4N4O2/c1-27-9-12(10-5-6-11(8-24)13(7-10)19(21,22)23)16(18(27)29)17(28)26-15-4-2-3-14(20)25-15/h2-7,12,16H,9H2,1H3,(H,25,26,28)/t12-,16+/m1/s1. The predicted octanol–water partition coefficient (Wildman–Crippen LogP) is 2.92. The number of hydrogen-bond donors (Lipinski definition) is 1. The highest BCUT2D eigenvalue weighted by atomic mass is 19.4. The number of carbonyl (C=O) groups is 2. The molecule has 150 valence electrons. The van der Waals surface area contributed by atoms with Gasteiger partial charge >= 0.3 is 6.18 Å². The van der Waals surface area contributed by atoms with E-state index < -0.39 is 46.9 Å². The molecule has 1 aliphatic heterocycles. The van der Waals surface area contributed by atoms with Crippen molar-refractivity contribution < 1.29 is 27.2 Å². The molecule has 29 heavy (non-hydrogen) atoms. The number of rotatable bonds is 3. The molecule has 1 N–H and O–H groups in total. The number of nitrogens with zero attached hydrogens (tertiary/aromatic N) is 3. The number of halogens is 4. The molecule has 2 heterocycles. The first kappa shape index (κ1) is 20.3. The number of nitrogens with one attached hydrogen (secondary N) is 1. The molecule has 0 spiro atoms. The van der Waals surface area contributed by atoms with Crippen LogP contribution < -0.4 is 5.32 Å². The first-order chi connectivity index (χ1) is 13.6. The molecule has 0 bridgehead atoms. The minimum absolute atomic E-state index is 0.0106. The lowest BCUT2D eigenvalue weighted by molar-refractivity contribution is -0.138. The van der Waals surface area contributed by atoms with Gasteiger partial charge in [0.2, 0.25) is 17.8 Å². The second kappa shape index (κ2) is 7.50. The summed E-state index contributed by atoms with van der Waals surface area (Å²) in [5, 5.41) is 11.3. The number of likely N-dealkylation sites (tertiary alicyclic amines) is 1. The lowest BCUT2D eigenvalue weighted by Gasteiger charge is -2.18. The van der Waals surface area contributed by atoms with Gasteiger partial charge in [-0.05, 0) is 29.8 Å². The molecular weight excluding hydrogens is 392 g/mol. The number of amides is 2. The Balaban J connectivity index is 1.96. The van der Waals surface area contributed by atoms with Crippen LogP contribution in [0.25, 0.3) is 0 Å². The number of hydrogen-bond acceptors (Lipinski definition) is 4. The van der Waals surface area contributed by atoms with Crippen molar-refractivity contribution in [2.24, 2.45) is 5.92 Å². The number of pyridine rings is 1. The molecule has 10 heteroatoms. The van der Waals surface area contributed by atoms with Gasteiger partial charge in [0.05, 0.1) is 17.2 Å². The largest absolute Gasteiger partial charge is 0.417 e. The van der Waals surface area contributed by atoms with Gasteiger partial charge in [0.1, 0.15) is 11.7 Å². The van der Waals surface area contributed by atoms with E-state index in [9.17, 15) is 27.2 Å². The summed E-state index contributed by atoms with van der Waals surface area (Å²) in [5.74, 6) is -4.54. The normalized spacial score (nSPS) is 19.2. The molecule has 1 saturated heterocycles. The third kappa shape index (κ3) is 4.03. The van der Waals surface area contributed by atoms with Gasteiger partial charge in [-0.15, -0.1) is 0 Å². The van der Waals surface area contributed by atoms with Crippen molar-refractivity contribution >= 4 is 17.6 Å². The van der Waals surface area contributed by atoms with Crippen molar-refractivity contribution in [2.75, 3.05) is 18.9 Å². The van der Waals surface area contributed by atoms with E-state index in [0.29, 0.717) is 0 Å². The molecule has 0 radical (unpaired) electrons. The maximum atomic E-state index is 13.3. The summed E-state index contributed by atoms with van der Waals surface area (Å²) in [6, 6.07) is 8.30. The van der Waals surface area contributed by atoms with Gasteiger partial charge in [-0.1, -0.05) is 12.1 Å². The first-order valence-corrected chi connectivity index (χ1v) is 8.41. The molecule has 1 aromatic heterocycles. The zero-order valence-corrected chi connectivity index (χ0v) is 15.0. The second-order valence-corrected chi connectivity index (χ2v) is 6.55. The van der Waals surface area contributed by atoms with Gasteiger partial charge in [-0.2, -0.15) is 22.8 Å². The van der Waals surface area contributed by atoms with E-state index in [2.05, 4.69) is 10.3 Å². The summed E-state index contributed by atoms with van der Waals surface area (Å²) in [6.07, 6.45) is -4.77. The molecular formula is C19H14F4N4O2. The SMILES string of the molecule is CN1C[C@H](c2ccc(C#N)c(C(F)(F)F)c2)[C@@H](C(=O)Nc2cccc(F)n2)C1=O. The van der Waals surface area contributed by atoms with E-state index >= 15 is 0 Å². The Morgan fingerprint density at radius 2 is 2.03 bits per heavy atom. The summed E-state index contributed by atoms with van der Waals surface area (Å²) >= 11 is 0. The van der Waals surface area contributed by atoms with Crippen LogP contribution >= 0.6 is 0 Å².